The van der Waals surface area contributed by atoms with E-state index >= 15 is 0 Å². The van der Waals surface area contributed by atoms with Gasteiger partial charge in [0.15, 0.2) is 0 Å². The highest BCUT2D eigenvalue weighted by Gasteiger charge is 2.07. The molecule has 0 atom stereocenters. The normalized spacial score (nSPS) is 11.5. The monoisotopic (exact) mass is 366 g/mol. The molecule has 1 heterocycles. The van der Waals surface area contributed by atoms with Crippen LogP contribution in [0.1, 0.15) is 35.1 Å². The second-order valence-corrected chi connectivity index (χ2v) is 7.03. The van der Waals surface area contributed by atoms with Crippen molar-refractivity contribution in [1.82, 2.24) is 0 Å². The van der Waals surface area contributed by atoms with Gasteiger partial charge in [0, 0.05) is 29.0 Å². The van der Waals surface area contributed by atoms with Gasteiger partial charge in [0.2, 0.25) is 0 Å². The zero-order chi connectivity index (χ0) is 18.9. The zero-order valence-electron chi connectivity index (χ0n) is 15.0. The van der Waals surface area contributed by atoms with Crippen LogP contribution in [0.25, 0.3) is 23.1 Å². The Hall–Kier alpha value is -2.84. The first-order valence-electron chi connectivity index (χ1n) is 8.45. The highest BCUT2D eigenvalue weighted by molar-refractivity contribution is 7.13. The summed E-state index contributed by atoms with van der Waals surface area (Å²) in [4.78, 5) is 17.9. The number of anilines is 1. The number of hydrogen-bond acceptors (Lipinski definition) is 3. The van der Waals surface area contributed by atoms with Gasteiger partial charge in [-0.3, -0.25) is 4.79 Å². The molecule has 0 aliphatic heterocycles. The molecule has 0 aliphatic carbocycles. The van der Waals surface area contributed by atoms with E-state index in [4.69, 9.17) is 11.7 Å². The van der Waals surface area contributed by atoms with Crippen molar-refractivity contribution in [3.63, 3.8) is 0 Å². The molecule has 1 aromatic carbocycles. The van der Waals surface area contributed by atoms with Crippen molar-refractivity contribution in [1.29, 1.82) is 0 Å². The molecule has 0 unspecified atom stereocenters. The number of nitrogens with zero attached hydrogens (tertiary/aromatic N) is 2. The third kappa shape index (κ3) is 5.61. The van der Waals surface area contributed by atoms with Crippen LogP contribution in [0.4, 0.5) is 5.69 Å². The lowest BCUT2D eigenvalue weighted by atomic mass is 10.1. The molecular weight excluding hydrogens is 344 g/mol. The lowest BCUT2D eigenvalue weighted by Crippen LogP contribution is -2.17. The van der Waals surface area contributed by atoms with E-state index in [-0.39, 0.29) is 5.70 Å². The van der Waals surface area contributed by atoms with E-state index in [0.29, 0.717) is 0 Å². The molecule has 0 spiro atoms. The molecule has 5 heteroatoms. The number of thiophene rings is 1. The lowest BCUT2D eigenvalue weighted by Gasteiger charge is -2.18. The molecule has 1 aromatic heterocycles. The molecule has 26 heavy (non-hydrogen) atoms. The number of carboxylic acid groups (broad SMARTS) is 1. The van der Waals surface area contributed by atoms with Gasteiger partial charge in [0.05, 0.1) is 6.57 Å². The quantitative estimate of drug-likeness (QED) is 0.496. The Balaban J connectivity index is 2.04. The number of hydrogen-bond donors (Lipinski definition) is 1. The maximum Gasteiger partial charge on any atom is 0.333 e. The topological polar surface area (TPSA) is 44.9 Å². The molecule has 1 N–H and O–H groups in total. The Morgan fingerprint density at radius 1 is 1.19 bits per heavy atom. The summed E-state index contributed by atoms with van der Waals surface area (Å²) in [6, 6.07) is 12.2. The van der Waals surface area contributed by atoms with Gasteiger partial charge in [-0.1, -0.05) is 31.6 Å². The van der Waals surface area contributed by atoms with Gasteiger partial charge in [0.1, 0.15) is 0 Å². The van der Waals surface area contributed by atoms with E-state index in [1.165, 1.54) is 35.9 Å². The van der Waals surface area contributed by atoms with Gasteiger partial charge in [-0.2, -0.15) is 0 Å². The fraction of sp³-hybridized carbons (Fsp3) is 0.238. The third-order valence-electron chi connectivity index (χ3n) is 3.89. The second kappa shape index (κ2) is 9.59. The first-order valence-corrected chi connectivity index (χ1v) is 9.26. The molecule has 2 rings (SSSR count). The first kappa shape index (κ1) is 19.5. The van der Waals surface area contributed by atoms with Gasteiger partial charge in [-0.15, -0.1) is 11.3 Å². The molecule has 0 amide bonds. The summed E-state index contributed by atoms with van der Waals surface area (Å²) < 4.78 is 0. The molecule has 2 aromatic rings. The highest BCUT2D eigenvalue weighted by atomic mass is 32.1. The van der Waals surface area contributed by atoms with Crippen LogP contribution >= 0.6 is 11.3 Å². The number of carbonyl (C=O) groups is 1. The van der Waals surface area contributed by atoms with Crippen LogP contribution in [0.15, 0.2) is 42.1 Å². The second-order valence-electron chi connectivity index (χ2n) is 5.89. The van der Waals surface area contributed by atoms with Gasteiger partial charge in [0.25, 0.3) is 5.70 Å². The van der Waals surface area contributed by atoms with Crippen LogP contribution in [-0.4, -0.2) is 24.7 Å². The molecule has 0 saturated heterocycles. The van der Waals surface area contributed by atoms with Gasteiger partial charge >= 0.3 is 5.97 Å². The van der Waals surface area contributed by atoms with Crippen molar-refractivity contribution in [2.24, 2.45) is 0 Å². The van der Waals surface area contributed by atoms with Gasteiger partial charge in [-0.05, 0) is 48.4 Å². The van der Waals surface area contributed by atoms with E-state index in [1.807, 2.05) is 24.3 Å². The van der Waals surface area contributed by atoms with Crippen LogP contribution in [0.2, 0.25) is 0 Å². The minimum absolute atomic E-state index is 0.273. The summed E-state index contributed by atoms with van der Waals surface area (Å²) in [6.07, 6.45) is 7.80. The number of rotatable bonds is 8. The minimum Gasteiger partial charge on any atom is -0.486 e. The lowest BCUT2D eigenvalue weighted by molar-refractivity contribution is -0.132. The summed E-state index contributed by atoms with van der Waals surface area (Å²) in [7, 11) is 2.11. The Kier molecular flexibility index (Phi) is 7.19. The molecule has 134 valence electrons. The maximum atomic E-state index is 10.9. The molecule has 0 fully saturated rings. The van der Waals surface area contributed by atoms with E-state index in [0.717, 1.165) is 21.9 Å². The third-order valence-corrected chi connectivity index (χ3v) is 4.88. The standard InChI is InChI=1S/C21H22N2O2S/c1-4-5-14-23(3)17-9-6-16(7-10-17)8-11-18-12-13-19(26-18)15-20(22-2)21(24)25/h6-13,15H,4-5,14H2,1,3H3,(H,24,25). The highest BCUT2D eigenvalue weighted by Crippen LogP contribution is 2.23. The molecule has 4 nitrogen and oxygen atoms in total. The van der Waals surface area contributed by atoms with Crippen LogP contribution in [0.5, 0.6) is 0 Å². The van der Waals surface area contributed by atoms with E-state index in [1.54, 1.807) is 0 Å². The number of carboxylic acids is 1. The summed E-state index contributed by atoms with van der Waals surface area (Å²) in [5.41, 5.74) is 2.04. The van der Waals surface area contributed by atoms with Crippen LogP contribution in [-0.2, 0) is 4.79 Å². The van der Waals surface area contributed by atoms with Crippen LogP contribution < -0.4 is 4.90 Å². The summed E-state index contributed by atoms with van der Waals surface area (Å²) in [5, 5.41) is 8.91. The van der Waals surface area contributed by atoms with Crippen molar-refractivity contribution >= 4 is 41.2 Å². The molecule has 0 aliphatic rings. The first-order chi connectivity index (χ1) is 12.5. The smallest absolute Gasteiger partial charge is 0.333 e. The molecule has 0 bridgehead atoms. The molecule has 0 radical (unpaired) electrons. The van der Waals surface area contributed by atoms with Crippen molar-refractivity contribution < 1.29 is 9.90 Å². The molecule has 0 saturated carbocycles. The van der Waals surface area contributed by atoms with Crippen molar-refractivity contribution in [2.75, 3.05) is 18.5 Å². The fourth-order valence-corrected chi connectivity index (χ4v) is 3.21. The van der Waals surface area contributed by atoms with Crippen molar-refractivity contribution in [3.05, 3.63) is 68.8 Å². The maximum absolute atomic E-state index is 10.9. The van der Waals surface area contributed by atoms with E-state index in [2.05, 4.69) is 48.0 Å². The van der Waals surface area contributed by atoms with Crippen molar-refractivity contribution in [3.8, 4) is 0 Å². The SMILES string of the molecule is [C-]#[N+]C(=Cc1ccc(C=Cc2ccc(N(C)CCCC)cc2)s1)C(=O)O. The predicted molar refractivity (Wildman–Crippen MR) is 110 cm³/mol. The van der Waals surface area contributed by atoms with Gasteiger partial charge < -0.3 is 10.0 Å². The minimum atomic E-state index is -1.20. The average Bonchev–Trinajstić information content (AvgIpc) is 3.10. The predicted octanol–water partition coefficient (Wildman–Crippen LogP) is 5.50. The van der Waals surface area contributed by atoms with Crippen molar-refractivity contribution in [2.45, 2.75) is 19.8 Å². The summed E-state index contributed by atoms with van der Waals surface area (Å²) in [5.74, 6) is -1.20. The largest absolute Gasteiger partial charge is 0.486 e. The molecular formula is C21H22N2O2S. The summed E-state index contributed by atoms with van der Waals surface area (Å²) >= 11 is 1.45. The Morgan fingerprint density at radius 3 is 2.50 bits per heavy atom. The Morgan fingerprint density at radius 2 is 1.88 bits per heavy atom. The van der Waals surface area contributed by atoms with Crippen LogP contribution in [0.3, 0.4) is 0 Å². The Bertz CT molecular complexity index is 842. The zero-order valence-corrected chi connectivity index (χ0v) is 15.8. The average molecular weight is 366 g/mol. The van der Waals surface area contributed by atoms with Gasteiger partial charge in [-0.25, -0.2) is 4.85 Å². The fourth-order valence-electron chi connectivity index (χ4n) is 2.35. The van der Waals surface area contributed by atoms with E-state index < -0.39 is 5.97 Å². The number of unbranched alkanes of at least 4 members (excludes halogenated alkanes) is 1. The number of benzene rings is 1. The number of aliphatic carboxylic acids is 1. The van der Waals surface area contributed by atoms with E-state index in [9.17, 15) is 4.79 Å². The summed E-state index contributed by atoms with van der Waals surface area (Å²) in [6.45, 7) is 10.1. The van der Waals surface area contributed by atoms with Crippen LogP contribution in [0, 0.1) is 6.57 Å². The Labute approximate surface area is 158 Å².